The molecule has 4 aromatic rings. The molecule has 0 aliphatic rings. The van der Waals surface area contributed by atoms with Crippen LogP contribution in [0.25, 0.3) is 16.6 Å². The second-order valence-corrected chi connectivity index (χ2v) is 8.29. The second-order valence-electron chi connectivity index (χ2n) is 7.34. The van der Waals surface area contributed by atoms with Gasteiger partial charge in [0.25, 0.3) is 0 Å². The Morgan fingerprint density at radius 1 is 1.03 bits per heavy atom. The number of nitrogens with zero attached hydrogens (tertiary/aromatic N) is 3. The molecule has 1 N–H and O–H groups in total. The maximum atomic E-state index is 12.4. The Bertz CT molecular complexity index is 1230. The number of hydrogen-bond donors (Lipinski definition) is 1. The Morgan fingerprint density at radius 3 is 2.50 bits per heavy atom. The van der Waals surface area contributed by atoms with Gasteiger partial charge >= 0.3 is 0 Å². The Morgan fingerprint density at radius 2 is 1.77 bits per heavy atom. The number of thioether (sulfide) groups is 1. The van der Waals surface area contributed by atoms with Crippen LogP contribution in [0.4, 0.5) is 0 Å². The summed E-state index contributed by atoms with van der Waals surface area (Å²) in [5, 5.41) is 13.6. The summed E-state index contributed by atoms with van der Waals surface area (Å²) in [4.78, 5) is 12.4. The Balaban J connectivity index is 1.52. The van der Waals surface area contributed by atoms with Crippen molar-refractivity contribution in [2.45, 2.75) is 32.5 Å². The van der Waals surface area contributed by atoms with E-state index in [9.17, 15) is 4.79 Å². The van der Waals surface area contributed by atoms with Gasteiger partial charge in [-0.3, -0.25) is 9.20 Å². The maximum Gasteiger partial charge on any atom is 0.230 e. The molecule has 6 nitrogen and oxygen atoms in total. The van der Waals surface area contributed by atoms with E-state index in [1.165, 1.54) is 22.7 Å². The Hall–Kier alpha value is -3.06. The third kappa shape index (κ3) is 3.85. The van der Waals surface area contributed by atoms with Crippen LogP contribution in [0.5, 0.6) is 5.75 Å². The quantitative estimate of drug-likeness (QED) is 0.473. The smallest absolute Gasteiger partial charge is 0.230 e. The van der Waals surface area contributed by atoms with Gasteiger partial charge in [0.2, 0.25) is 5.91 Å². The Kier molecular flexibility index (Phi) is 5.63. The first-order chi connectivity index (χ1) is 14.5. The first kappa shape index (κ1) is 20.2. The number of ether oxygens (including phenoxy) is 1. The molecule has 0 aliphatic carbocycles. The fourth-order valence-electron chi connectivity index (χ4n) is 3.52. The van der Waals surface area contributed by atoms with Gasteiger partial charge in [-0.15, -0.1) is 10.2 Å². The fourth-order valence-corrected chi connectivity index (χ4v) is 4.29. The average Bonchev–Trinajstić information content (AvgIpc) is 3.18. The lowest BCUT2D eigenvalue weighted by Gasteiger charge is -2.11. The van der Waals surface area contributed by atoms with Crippen LogP contribution in [-0.4, -0.2) is 33.4 Å². The van der Waals surface area contributed by atoms with E-state index in [4.69, 9.17) is 4.74 Å². The van der Waals surface area contributed by atoms with Crippen LogP contribution >= 0.6 is 11.8 Å². The third-order valence-corrected chi connectivity index (χ3v) is 6.12. The van der Waals surface area contributed by atoms with Crippen molar-refractivity contribution in [1.29, 1.82) is 0 Å². The van der Waals surface area contributed by atoms with Gasteiger partial charge in [-0.2, -0.15) is 0 Å². The monoisotopic (exact) mass is 420 g/mol. The zero-order chi connectivity index (χ0) is 21.3. The lowest BCUT2D eigenvalue weighted by molar-refractivity contribution is -0.118. The molecule has 30 heavy (non-hydrogen) atoms. The molecule has 0 spiro atoms. The maximum absolute atomic E-state index is 12.4. The number of carbonyl (C=O) groups is 1. The van der Waals surface area contributed by atoms with Crippen LogP contribution in [0.15, 0.2) is 47.6 Å². The molecule has 0 radical (unpaired) electrons. The van der Waals surface area contributed by atoms with E-state index in [-0.39, 0.29) is 11.7 Å². The highest BCUT2D eigenvalue weighted by molar-refractivity contribution is 7.99. The van der Waals surface area contributed by atoms with Crippen molar-refractivity contribution in [2.75, 3.05) is 12.9 Å². The van der Waals surface area contributed by atoms with Crippen molar-refractivity contribution in [3.05, 3.63) is 64.7 Å². The first-order valence-electron chi connectivity index (χ1n) is 9.75. The molecule has 0 atom stereocenters. The highest BCUT2D eigenvalue weighted by Crippen LogP contribution is 2.29. The van der Waals surface area contributed by atoms with E-state index in [1.807, 2.05) is 31.2 Å². The number of carbonyl (C=O) groups excluding carboxylic acids is 1. The van der Waals surface area contributed by atoms with Crippen LogP contribution < -0.4 is 10.1 Å². The average molecular weight is 421 g/mol. The number of aryl methyl sites for hydroxylation is 3. The molecule has 1 amide bonds. The van der Waals surface area contributed by atoms with E-state index in [0.29, 0.717) is 6.54 Å². The molecule has 0 saturated carbocycles. The van der Waals surface area contributed by atoms with E-state index in [1.54, 1.807) is 7.11 Å². The lowest BCUT2D eigenvalue weighted by atomic mass is 10.0. The number of methoxy groups -OCH3 is 1. The zero-order valence-electron chi connectivity index (χ0n) is 17.5. The van der Waals surface area contributed by atoms with Gasteiger partial charge in [0, 0.05) is 11.9 Å². The molecule has 0 unspecified atom stereocenters. The number of nitrogens with one attached hydrogen (secondary N) is 1. The van der Waals surface area contributed by atoms with Gasteiger partial charge < -0.3 is 10.1 Å². The van der Waals surface area contributed by atoms with E-state index in [0.717, 1.165) is 38.8 Å². The standard InChI is InChI=1S/C23H24N4O2S/c1-14-5-6-15(2)21-19(14)11-16(3)22-25-26-23(27(21)22)30-13-20(28)24-12-17-7-9-18(29-4)10-8-17/h5-11H,12-13H2,1-4H3,(H,24,28). The molecule has 2 aromatic heterocycles. The predicted molar refractivity (Wildman–Crippen MR) is 120 cm³/mol. The van der Waals surface area contributed by atoms with Gasteiger partial charge in [-0.25, -0.2) is 0 Å². The number of benzene rings is 2. The summed E-state index contributed by atoms with van der Waals surface area (Å²) in [6.07, 6.45) is 0. The van der Waals surface area contributed by atoms with Crippen LogP contribution in [0, 0.1) is 20.8 Å². The van der Waals surface area contributed by atoms with Gasteiger partial charge in [-0.05, 0) is 61.2 Å². The van der Waals surface area contributed by atoms with Crippen molar-refractivity contribution in [3.63, 3.8) is 0 Å². The SMILES string of the molecule is COc1ccc(CNC(=O)CSc2nnc3c(C)cc4c(C)ccc(C)c4n23)cc1. The van der Waals surface area contributed by atoms with Gasteiger partial charge in [-0.1, -0.05) is 36.0 Å². The summed E-state index contributed by atoms with van der Waals surface area (Å²) in [6, 6.07) is 14.1. The van der Waals surface area contributed by atoms with E-state index < -0.39 is 0 Å². The largest absolute Gasteiger partial charge is 0.497 e. The molecular weight excluding hydrogens is 396 g/mol. The molecule has 0 aliphatic heterocycles. The van der Waals surface area contributed by atoms with Crippen LogP contribution in [0.3, 0.4) is 0 Å². The highest BCUT2D eigenvalue weighted by Gasteiger charge is 2.16. The third-order valence-electron chi connectivity index (χ3n) is 5.19. The minimum absolute atomic E-state index is 0.0440. The van der Waals surface area contributed by atoms with Crippen molar-refractivity contribution < 1.29 is 9.53 Å². The molecule has 154 valence electrons. The number of rotatable bonds is 6. The summed E-state index contributed by atoms with van der Waals surface area (Å²) < 4.78 is 7.24. The van der Waals surface area contributed by atoms with Crippen LogP contribution in [0.2, 0.25) is 0 Å². The van der Waals surface area contributed by atoms with Gasteiger partial charge in [0.1, 0.15) is 5.75 Å². The molecule has 0 fully saturated rings. The van der Waals surface area contributed by atoms with Crippen LogP contribution in [-0.2, 0) is 11.3 Å². The lowest BCUT2D eigenvalue weighted by Crippen LogP contribution is -2.24. The van der Waals surface area contributed by atoms with Crippen LogP contribution in [0.1, 0.15) is 22.3 Å². The number of hydrogen-bond acceptors (Lipinski definition) is 5. The summed E-state index contributed by atoms with van der Waals surface area (Å²) in [7, 11) is 1.63. The number of pyridine rings is 1. The van der Waals surface area contributed by atoms with Gasteiger partial charge in [0.05, 0.1) is 18.4 Å². The summed E-state index contributed by atoms with van der Waals surface area (Å²) in [5.74, 6) is 1.03. The normalized spacial score (nSPS) is 11.2. The summed E-state index contributed by atoms with van der Waals surface area (Å²) in [5.41, 5.74) is 6.39. The zero-order valence-corrected chi connectivity index (χ0v) is 18.3. The minimum atomic E-state index is -0.0440. The minimum Gasteiger partial charge on any atom is -0.497 e. The summed E-state index contributed by atoms with van der Waals surface area (Å²) >= 11 is 1.40. The molecule has 2 aromatic carbocycles. The van der Waals surface area contributed by atoms with E-state index in [2.05, 4.69) is 52.0 Å². The molecule has 0 bridgehead atoms. The topological polar surface area (TPSA) is 68.5 Å². The Labute approximate surface area is 179 Å². The number of amides is 1. The molecule has 4 rings (SSSR count). The summed E-state index contributed by atoms with van der Waals surface area (Å²) in [6.45, 7) is 6.72. The van der Waals surface area contributed by atoms with Crippen molar-refractivity contribution in [2.24, 2.45) is 0 Å². The van der Waals surface area contributed by atoms with Crippen molar-refractivity contribution in [1.82, 2.24) is 19.9 Å². The second kappa shape index (κ2) is 8.36. The predicted octanol–water partition coefficient (Wildman–Crippen LogP) is 4.22. The molecular formula is C23H24N4O2S. The molecule has 0 saturated heterocycles. The molecule has 7 heteroatoms. The first-order valence-corrected chi connectivity index (χ1v) is 10.7. The van der Waals surface area contributed by atoms with Crippen molar-refractivity contribution in [3.8, 4) is 5.75 Å². The van der Waals surface area contributed by atoms with Gasteiger partial charge in [0.15, 0.2) is 10.8 Å². The number of fused-ring (bicyclic) bond motifs is 3. The highest BCUT2D eigenvalue weighted by atomic mass is 32.2. The fraction of sp³-hybridized carbons (Fsp3) is 0.261. The van der Waals surface area contributed by atoms with Crippen molar-refractivity contribution >= 4 is 34.2 Å². The molecule has 2 heterocycles. The number of aromatic nitrogens is 3. The van der Waals surface area contributed by atoms with E-state index >= 15 is 0 Å².